The molecular weight excluding hydrogens is 644 g/mol. The molecule has 8 aromatic rings. The second kappa shape index (κ2) is 11.6. The number of halogens is 1. The average molecular weight is 672 g/mol. The molecule has 0 saturated heterocycles. The normalized spacial score (nSPS) is 11.4. The Morgan fingerprint density at radius 2 is 1.09 bits per heavy atom. The first-order valence-electron chi connectivity index (χ1n) is 15.4. The zero-order valence-electron chi connectivity index (χ0n) is 25.3. The van der Waals surface area contributed by atoms with Gasteiger partial charge in [0.1, 0.15) is 0 Å². The number of hydrogen-bond donors (Lipinski definition) is 0. The van der Waals surface area contributed by atoms with Crippen molar-refractivity contribution in [3.63, 3.8) is 0 Å². The molecule has 0 aliphatic rings. The Bertz CT molecular complexity index is 2450. The maximum atomic E-state index is 14.0. The molecule has 0 amide bonds. The Hall–Kier alpha value is -5.65. The van der Waals surface area contributed by atoms with Crippen LogP contribution in [0.4, 0.5) is 0 Å². The number of fused-ring (bicyclic) bond motifs is 4. The first-order chi connectivity index (χ1) is 23.0. The zero-order valence-corrected chi connectivity index (χ0v) is 26.9. The Balaban J connectivity index is 1.24. The highest BCUT2D eigenvalue weighted by atomic mass is 79.9. The van der Waals surface area contributed by atoms with Gasteiger partial charge in [-0.15, -0.1) is 0 Å². The highest BCUT2D eigenvalue weighted by molar-refractivity contribution is 9.10. The molecule has 0 N–H and O–H groups in total. The van der Waals surface area contributed by atoms with Gasteiger partial charge in [-0.3, -0.25) is 9.59 Å². The van der Waals surface area contributed by atoms with Crippen molar-refractivity contribution in [3.8, 4) is 16.9 Å². The number of carbonyl (C=O) groups is 2. The van der Waals surface area contributed by atoms with Gasteiger partial charge in [0.25, 0.3) is 0 Å². The van der Waals surface area contributed by atoms with Crippen molar-refractivity contribution in [2.24, 2.45) is 0 Å². The van der Waals surface area contributed by atoms with Crippen molar-refractivity contribution < 1.29 is 9.59 Å². The second-order valence-corrected chi connectivity index (χ2v) is 12.6. The van der Waals surface area contributed by atoms with Crippen molar-refractivity contribution in [2.75, 3.05) is 0 Å². The maximum Gasteiger partial charge on any atom is 0.172 e. The molecule has 0 aliphatic heterocycles. The molecule has 47 heavy (non-hydrogen) atoms. The lowest BCUT2D eigenvalue weighted by atomic mass is 9.91. The van der Waals surface area contributed by atoms with Gasteiger partial charge in [-0.05, 0) is 85.6 Å². The van der Waals surface area contributed by atoms with E-state index in [2.05, 4.69) is 58.9 Å². The third kappa shape index (κ3) is 5.05. The molecule has 4 nitrogen and oxygen atoms in total. The van der Waals surface area contributed by atoms with Crippen LogP contribution in [0.3, 0.4) is 0 Å². The first-order valence-corrected chi connectivity index (χ1v) is 16.2. The van der Waals surface area contributed by atoms with E-state index in [4.69, 9.17) is 5.10 Å². The van der Waals surface area contributed by atoms with Crippen LogP contribution in [0.5, 0.6) is 0 Å². The van der Waals surface area contributed by atoms with E-state index < -0.39 is 0 Å². The number of ketones is 2. The fourth-order valence-corrected chi connectivity index (χ4v) is 6.84. The van der Waals surface area contributed by atoms with Gasteiger partial charge < -0.3 is 0 Å². The molecule has 0 saturated carbocycles. The summed E-state index contributed by atoms with van der Waals surface area (Å²) in [7, 11) is 0. The first kappa shape index (κ1) is 28.8. The monoisotopic (exact) mass is 670 g/mol. The van der Waals surface area contributed by atoms with Crippen LogP contribution in [-0.2, 0) is 4.79 Å². The van der Waals surface area contributed by atoms with Gasteiger partial charge in [0.15, 0.2) is 11.6 Å². The van der Waals surface area contributed by atoms with Crippen molar-refractivity contribution in [2.45, 2.75) is 6.42 Å². The van der Waals surface area contributed by atoms with Crippen molar-refractivity contribution in [3.05, 3.63) is 162 Å². The summed E-state index contributed by atoms with van der Waals surface area (Å²) in [4.78, 5) is 27.9. The van der Waals surface area contributed by atoms with Crippen molar-refractivity contribution in [1.82, 2.24) is 9.78 Å². The summed E-state index contributed by atoms with van der Waals surface area (Å²) in [6.07, 6.45) is -0.311. The molecular formula is C42H27BrN2O2. The van der Waals surface area contributed by atoms with Crippen LogP contribution in [0.1, 0.15) is 22.5 Å². The van der Waals surface area contributed by atoms with Gasteiger partial charge in [0, 0.05) is 21.2 Å². The molecule has 224 valence electrons. The smallest absolute Gasteiger partial charge is 0.172 e. The van der Waals surface area contributed by atoms with Crippen molar-refractivity contribution in [1.29, 1.82) is 0 Å². The van der Waals surface area contributed by atoms with Crippen molar-refractivity contribution >= 4 is 76.2 Å². The van der Waals surface area contributed by atoms with Gasteiger partial charge in [-0.2, -0.15) is 5.10 Å². The molecule has 0 radical (unpaired) electrons. The molecule has 0 aliphatic carbocycles. The minimum absolute atomic E-state index is 0.199. The molecule has 5 heteroatoms. The minimum Gasteiger partial charge on any atom is -0.294 e. The van der Waals surface area contributed by atoms with Crippen LogP contribution in [0.25, 0.3) is 65.6 Å². The van der Waals surface area contributed by atoms with E-state index in [0.29, 0.717) is 11.3 Å². The second-order valence-electron chi connectivity index (χ2n) is 11.7. The molecule has 1 aromatic heterocycles. The van der Waals surface area contributed by atoms with Crippen LogP contribution in [0.15, 0.2) is 151 Å². The summed E-state index contributed by atoms with van der Waals surface area (Å²) in [6, 6.07) is 46.3. The summed E-state index contributed by atoms with van der Waals surface area (Å²) in [5.74, 6) is -0.599. The minimum atomic E-state index is -0.359. The summed E-state index contributed by atoms with van der Waals surface area (Å²) >= 11 is 3.55. The third-order valence-corrected chi connectivity index (χ3v) is 9.35. The molecule has 0 unspecified atom stereocenters. The average Bonchev–Trinajstić information content (AvgIpc) is 3.54. The Kier molecular flexibility index (Phi) is 7.12. The molecule has 0 fully saturated rings. The van der Waals surface area contributed by atoms with Gasteiger partial charge in [0.2, 0.25) is 0 Å². The van der Waals surface area contributed by atoms with Crippen LogP contribution in [-0.4, -0.2) is 21.3 Å². The molecule has 0 atom stereocenters. The van der Waals surface area contributed by atoms with Crippen LogP contribution in [0, 0.1) is 0 Å². The number of rotatable bonds is 7. The Morgan fingerprint density at radius 1 is 0.617 bits per heavy atom. The van der Waals surface area contributed by atoms with E-state index in [1.807, 2.05) is 108 Å². The third-order valence-electron chi connectivity index (χ3n) is 8.82. The molecule has 1 heterocycles. The fourth-order valence-electron chi connectivity index (χ4n) is 6.57. The summed E-state index contributed by atoms with van der Waals surface area (Å²) in [5.41, 5.74) is 3.87. The SMILES string of the molecule is C=C(C(=O)CC(=O)c1c2ccccc2cc2ccccc12)c1cc(-c2c3ccccc3cc3ccccc23)n(-c2ccc(Br)cc2)n1. The summed E-state index contributed by atoms with van der Waals surface area (Å²) < 4.78 is 2.82. The molecule has 0 bridgehead atoms. The summed E-state index contributed by atoms with van der Waals surface area (Å²) in [5, 5.41) is 12.9. The van der Waals surface area contributed by atoms with E-state index in [1.54, 1.807) is 0 Å². The number of hydrogen-bond acceptors (Lipinski definition) is 3. The van der Waals surface area contributed by atoms with E-state index in [-0.39, 0.29) is 23.6 Å². The number of Topliss-reactive ketones (excluding diaryl/α,β-unsaturated/α-hetero) is 2. The van der Waals surface area contributed by atoms with Gasteiger partial charge >= 0.3 is 0 Å². The molecule has 0 spiro atoms. The van der Waals surface area contributed by atoms with Crippen LogP contribution in [0.2, 0.25) is 0 Å². The number of nitrogens with zero attached hydrogens (tertiary/aromatic N) is 2. The summed E-state index contributed by atoms with van der Waals surface area (Å²) in [6.45, 7) is 4.19. The molecule has 8 rings (SSSR count). The topological polar surface area (TPSA) is 52.0 Å². The van der Waals surface area contributed by atoms with E-state index >= 15 is 0 Å². The molecule has 7 aromatic carbocycles. The van der Waals surface area contributed by atoms with Crippen LogP contribution >= 0.6 is 15.9 Å². The number of carbonyl (C=O) groups excluding carboxylic acids is 2. The van der Waals surface area contributed by atoms with E-state index in [0.717, 1.165) is 64.5 Å². The lowest BCUT2D eigenvalue weighted by Crippen LogP contribution is -2.11. The largest absolute Gasteiger partial charge is 0.294 e. The predicted molar refractivity (Wildman–Crippen MR) is 196 cm³/mol. The fraction of sp³-hybridized carbons (Fsp3) is 0.0238. The lowest BCUT2D eigenvalue weighted by molar-refractivity contribution is -0.113. The lowest BCUT2D eigenvalue weighted by Gasteiger charge is -2.14. The van der Waals surface area contributed by atoms with Gasteiger partial charge in [-0.1, -0.05) is 120 Å². The standard InChI is InChI=1S/C42H27BrN2O2/c1-26(39(46)25-40(47)42-35-16-8-4-12-29(35)23-30-13-5-9-17-36(30)42)37-24-38(45(44-37)32-20-18-31(43)19-21-32)41-33-14-6-2-10-27(33)22-28-11-3-7-15-34(28)41/h2-24H,1,25H2. The quantitative estimate of drug-likeness (QED) is 0.0733. The maximum absolute atomic E-state index is 14.0. The Labute approximate surface area is 279 Å². The van der Waals surface area contributed by atoms with E-state index in [1.165, 1.54) is 0 Å². The number of allylic oxidation sites excluding steroid dienone is 1. The highest BCUT2D eigenvalue weighted by Gasteiger charge is 2.24. The predicted octanol–water partition coefficient (Wildman–Crippen LogP) is 10.8. The highest BCUT2D eigenvalue weighted by Crippen LogP contribution is 2.39. The van der Waals surface area contributed by atoms with Crippen LogP contribution < -0.4 is 0 Å². The van der Waals surface area contributed by atoms with E-state index in [9.17, 15) is 9.59 Å². The zero-order chi connectivity index (χ0) is 32.1. The number of aromatic nitrogens is 2. The van der Waals surface area contributed by atoms with Gasteiger partial charge in [0.05, 0.1) is 23.5 Å². The Morgan fingerprint density at radius 3 is 1.62 bits per heavy atom. The van der Waals surface area contributed by atoms with Gasteiger partial charge in [-0.25, -0.2) is 4.68 Å². The number of benzene rings is 7.